The van der Waals surface area contributed by atoms with Crippen LogP contribution in [-0.2, 0) is 6.42 Å². The summed E-state index contributed by atoms with van der Waals surface area (Å²) in [5, 5.41) is 3.70. The van der Waals surface area contributed by atoms with E-state index >= 15 is 0 Å². The molecule has 1 aliphatic rings. The molecule has 1 unspecified atom stereocenters. The quantitative estimate of drug-likeness (QED) is 0.814. The Morgan fingerprint density at radius 3 is 2.88 bits per heavy atom. The van der Waals surface area contributed by atoms with Gasteiger partial charge in [-0.1, -0.05) is 36.8 Å². The third-order valence-corrected chi connectivity index (χ3v) is 3.98. The Morgan fingerprint density at radius 1 is 1.38 bits per heavy atom. The molecular weight excluding hydrogens is 194 g/mol. The predicted octanol–water partition coefficient (Wildman–Crippen LogP) is 3.46. The summed E-state index contributed by atoms with van der Waals surface area (Å²) in [6, 6.07) is 8.92. The first-order valence-corrected chi connectivity index (χ1v) is 6.55. The lowest BCUT2D eigenvalue weighted by Crippen LogP contribution is -2.39. The van der Waals surface area contributed by atoms with E-state index in [1.165, 1.54) is 49.8 Å². The fourth-order valence-corrected chi connectivity index (χ4v) is 2.81. The molecule has 1 heterocycles. The largest absolute Gasteiger partial charge is 0.311 e. The molecule has 0 spiro atoms. The van der Waals surface area contributed by atoms with Crippen molar-refractivity contribution in [2.24, 2.45) is 0 Å². The van der Waals surface area contributed by atoms with Gasteiger partial charge in [-0.15, -0.1) is 0 Å². The van der Waals surface area contributed by atoms with Crippen molar-refractivity contribution in [2.75, 3.05) is 6.54 Å². The first kappa shape index (κ1) is 11.7. The summed E-state index contributed by atoms with van der Waals surface area (Å²) in [5.41, 5.74) is 3.30. The van der Waals surface area contributed by atoms with Gasteiger partial charge < -0.3 is 5.32 Å². The topological polar surface area (TPSA) is 12.0 Å². The van der Waals surface area contributed by atoms with E-state index in [9.17, 15) is 0 Å². The number of benzene rings is 1. The minimum atomic E-state index is 0.434. The Morgan fingerprint density at radius 2 is 2.25 bits per heavy atom. The Labute approximate surface area is 99.3 Å². The molecule has 16 heavy (non-hydrogen) atoms. The fourth-order valence-electron chi connectivity index (χ4n) is 2.81. The smallest absolute Gasteiger partial charge is 0.0182 e. The van der Waals surface area contributed by atoms with Crippen molar-refractivity contribution in [3.8, 4) is 0 Å². The first-order valence-electron chi connectivity index (χ1n) is 6.55. The Kier molecular flexibility index (Phi) is 3.65. The van der Waals surface area contributed by atoms with E-state index < -0.39 is 0 Å². The Balaban J connectivity index is 1.95. The molecule has 2 rings (SSSR count). The molecule has 88 valence electrons. The van der Waals surface area contributed by atoms with Crippen molar-refractivity contribution in [2.45, 2.75) is 51.5 Å². The van der Waals surface area contributed by atoms with Crippen LogP contribution in [0.2, 0.25) is 0 Å². The van der Waals surface area contributed by atoms with Crippen molar-refractivity contribution in [1.82, 2.24) is 5.32 Å². The molecule has 1 atom stereocenters. The molecule has 0 amide bonds. The highest BCUT2D eigenvalue weighted by molar-refractivity contribution is 5.22. The molecule has 1 nitrogen and oxygen atoms in total. The van der Waals surface area contributed by atoms with E-state index in [1.54, 1.807) is 0 Å². The number of nitrogens with one attached hydrogen (secondary N) is 1. The summed E-state index contributed by atoms with van der Waals surface area (Å²) in [5.74, 6) is 0. The highest BCUT2D eigenvalue weighted by Gasteiger charge is 2.30. The van der Waals surface area contributed by atoms with Gasteiger partial charge in [-0.3, -0.25) is 0 Å². The maximum Gasteiger partial charge on any atom is 0.0182 e. The number of hydrogen-bond donors (Lipinski definition) is 1. The summed E-state index contributed by atoms with van der Waals surface area (Å²) < 4.78 is 0. The lowest BCUT2D eigenvalue weighted by Gasteiger charge is -2.28. The van der Waals surface area contributed by atoms with Crippen LogP contribution in [0.25, 0.3) is 0 Å². The van der Waals surface area contributed by atoms with Crippen LogP contribution in [0.1, 0.15) is 43.7 Å². The van der Waals surface area contributed by atoms with Gasteiger partial charge in [0.15, 0.2) is 0 Å². The molecule has 0 aromatic heterocycles. The second-order valence-electron chi connectivity index (χ2n) is 5.15. The van der Waals surface area contributed by atoms with Crippen LogP contribution in [0.3, 0.4) is 0 Å². The number of rotatable bonds is 4. The SMILES string of the molecule is CCC1(CCc2cccc(C)c2)CCCN1. The molecule has 0 radical (unpaired) electrons. The van der Waals surface area contributed by atoms with Gasteiger partial charge in [0.1, 0.15) is 0 Å². The van der Waals surface area contributed by atoms with Crippen molar-refractivity contribution in [3.05, 3.63) is 35.4 Å². The maximum absolute atomic E-state index is 3.70. The minimum absolute atomic E-state index is 0.434. The molecule has 1 heteroatoms. The molecule has 1 saturated heterocycles. The number of hydrogen-bond acceptors (Lipinski definition) is 1. The third kappa shape index (κ3) is 2.65. The van der Waals surface area contributed by atoms with E-state index in [0.717, 1.165) is 0 Å². The second kappa shape index (κ2) is 5.01. The van der Waals surface area contributed by atoms with E-state index in [0.29, 0.717) is 5.54 Å². The van der Waals surface area contributed by atoms with Crippen molar-refractivity contribution < 1.29 is 0 Å². The van der Waals surface area contributed by atoms with Crippen molar-refractivity contribution in [1.29, 1.82) is 0 Å². The molecule has 0 aliphatic carbocycles. The van der Waals surface area contributed by atoms with Crippen molar-refractivity contribution in [3.63, 3.8) is 0 Å². The third-order valence-electron chi connectivity index (χ3n) is 3.98. The van der Waals surface area contributed by atoms with Gasteiger partial charge in [0, 0.05) is 5.54 Å². The predicted molar refractivity (Wildman–Crippen MR) is 69.8 cm³/mol. The van der Waals surface area contributed by atoms with Crippen LogP contribution >= 0.6 is 0 Å². The molecule has 1 aromatic rings. The van der Waals surface area contributed by atoms with Crippen LogP contribution in [0.4, 0.5) is 0 Å². The summed E-state index contributed by atoms with van der Waals surface area (Å²) in [4.78, 5) is 0. The zero-order valence-electron chi connectivity index (χ0n) is 10.6. The molecule has 0 saturated carbocycles. The lowest BCUT2D eigenvalue weighted by molar-refractivity contribution is 0.336. The Hall–Kier alpha value is -0.820. The summed E-state index contributed by atoms with van der Waals surface area (Å²) >= 11 is 0. The van der Waals surface area contributed by atoms with Crippen molar-refractivity contribution >= 4 is 0 Å². The van der Waals surface area contributed by atoms with Gasteiger partial charge >= 0.3 is 0 Å². The van der Waals surface area contributed by atoms with Gasteiger partial charge in [-0.2, -0.15) is 0 Å². The Bertz CT molecular complexity index is 337. The van der Waals surface area contributed by atoms with E-state index in [1.807, 2.05) is 0 Å². The molecule has 0 bridgehead atoms. The highest BCUT2D eigenvalue weighted by atomic mass is 15.0. The average molecular weight is 217 g/mol. The average Bonchev–Trinajstić information content (AvgIpc) is 2.76. The molecule has 1 aromatic carbocycles. The molecular formula is C15H23N. The second-order valence-corrected chi connectivity index (χ2v) is 5.15. The molecule has 1 fully saturated rings. The lowest BCUT2D eigenvalue weighted by atomic mass is 9.87. The normalized spacial score (nSPS) is 24.9. The minimum Gasteiger partial charge on any atom is -0.311 e. The summed E-state index contributed by atoms with van der Waals surface area (Å²) in [6.07, 6.45) is 6.46. The molecule has 1 N–H and O–H groups in total. The van der Waals surface area contributed by atoms with E-state index in [-0.39, 0.29) is 0 Å². The first-order chi connectivity index (χ1) is 7.74. The standard InChI is InChI=1S/C15H23N/c1-3-15(9-5-11-16-15)10-8-14-7-4-6-13(2)12-14/h4,6-7,12,16H,3,5,8-11H2,1-2H3. The summed E-state index contributed by atoms with van der Waals surface area (Å²) in [7, 11) is 0. The van der Waals surface area contributed by atoms with Gasteiger partial charge in [-0.25, -0.2) is 0 Å². The van der Waals surface area contributed by atoms with Crippen LogP contribution in [0.5, 0.6) is 0 Å². The zero-order valence-corrected chi connectivity index (χ0v) is 10.6. The monoisotopic (exact) mass is 217 g/mol. The summed E-state index contributed by atoms with van der Waals surface area (Å²) in [6.45, 7) is 5.70. The van der Waals surface area contributed by atoms with Crippen LogP contribution in [-0.4, -0.2) is 12.1 Å². The van der Waals surface area contributed by atoms with Crippen LogP contribution in [0.15, 0.2) is 24.3 Å². The molecule has 1 aliphatic heterocycles. The zero-order chi connectivity index (χ0) is 11.4. The van der Waals surface area contributed by atoms with Crippen LogP contribution < -0.4 is 5.32 Å². The van der Waals surface area contributed by atoms with E-state index in [2.05, 4.69) is 43.4 Å². The maximum atomic E-state index is 3.70. The highest BCUT2D eigenvalue weighted by Crippen LogP contribution is 2.28. The fraction of sp³-hybridized carbons (Fsp3) is 0.600. The van der Waals surface area contributed by atoms with Gasteiger partial charge in [0.25, 0.3) is 0 Å². The number of aryl methyl sites for hydroxylation is 2. The van der Waals surface area contributed by atoms with Crippen LogP contribution in [0, 0.1) is 6.92 Å². The van der Waals surface area contributed by atoms with Gasteiger partial charge in [-0.05, 0) is 51.1 Å². The van der Waals surface area contributed by atoms with Gasteiger partial charge in [0.05, 0.1) is 0 Å². The van der Waals surface area contributed by atoms with E-state index in [4.69, 9.17) is 0 Å². The van der Waals surface area contributed by atoms with Gasteiger partial charge in [0.2, 0.25) is 0 Å².